The van der Waals surface area contributed by atoms with Gasteiger partial charge in [0.1, 0.15) is 0 Å². The molecule has 0 amide bonds. The topological polar surface area (TPSA) is 26.0 Å². The van der Waals surface area contributed by atoms with Crippen LogP contribution < -0.4 is 5.73 Å². The summed E-state index contributed by atoms with van der Waals surface area (Å²) < 4.78 is 0. The van der Waals surface area contributed by atoms with E-state index in [0.717, 1.165) is 0 Å². The summed E-state index contributed by atoms with van der Waals surface area (Å²) in [6.45, 7) is 10.5. The van der Waals surface area contributed by atoms with Crippen molar-refractivity contribution in [3.63, 3.8) is 0 Å². The summed E-state index contributed by atoms with van der Waals surface area (Å²) in [5.41, 5.74) is 10.9. The number of fused-ring (bicyclic) bond motifs is 1. The Labute approximate surface area is 81.5 Å². The Morgan fingerprint density at radius 3 is 2.85 bits per heavy atom. The fourth-order valence-corrected chi connectivity index (χ4v) is 2.38. The standard InChI is InChI=1S/C12H17N.H2/c1-7-8(2)12(4)6-10(12)5-11(7)9(3)13;/h5,10H,3,6,13H2,1-2,4H3;1H. The first-order chi connectivity index (χ1) is 5.97. The molecule has 0 heterocycles. The van der Waals surface area contributed by atoms with Crippen molar-refractivity contribution in [1.29, 1.82) is 0 Å². The van der Waals surface area contributed by atoms with E-state index in [0.29, 0.717) is 17.0 Å². The molecule has 72 valence electrons. The van der Waals surface area contributed by atoms with Gasteiger partial charge in [0.25, 0.3) is 0 Å². The van der Waals surface area contributed by atoms with Crippen molar-refractivity contribution in [1.82, 2.24) is 0 Å². The molecule has 0 aromatic heterocycles. The van der Waals surface area contributed by atoms with Gasteiger partial charge in [-0.05, 0) is 42.7 Å². The normalized spacial score (nSPS) is 36.8. The lowest BCUT2D eigenvalue weighted by Crippen LogP contribution is -2.11. The molecular formula is C12H19N. The van der Waals surface area contributed by atoms with Gasteiger partial charge in [-0.3, -0.25) is 0 Å². The van der Waals surface area contributed by atoms with Gasteiger partial charge in [-0.15, -0.1) is 0 Å². The van der Waals surface area contributed by atoms with E-state index in [1.807, 2.05) is 0 Å². The minimum atomic E-state index is 0. The van der Waals surface area contributed by atoms with Crippen LogP contribution in [0.4, 0.5) is 0 Å². The highest BCUT2D eigenvalue weighted by Gasteiger charge is 2.52. The van der Waals surface area contributed by atoms with E-state index in [1.165, 1.54) is 23.1 Å². The largest absolute Gasteiger partial charge is 0.399 e. The fourth-order valence-electron chi connectivity index (χ4n) is 2.38. The highest BCUT2D eigenvalue weighted by atomic mass is 14.6. The summed E-state index contributed by atoms with van der Waals surface area (Å²) in [5, 5.41) is 0. The van der Waals surface area contributed by atoms with E-state index in [2.05, 4.69) is 33.4 Å². The highest BCUT2D eigenvalue weighted by Crippen LogP contribution is 2.62. The molecule has 0 spiro atoms. The van der Waals surface area contributed by atoms with E-state index < -0.39 is 0 Å². The van der Waals surface area contributed by atoms with Gasteiger partial charge in [0, 0.05) is 7.12 Å². The van der Waals surface area contributed by atoms with Crippen molar-refractivity contribution >= 4 is 0 Å². The lowest BCUT2D eigenvalue weighted by molar-refractivity contribution is 0.626. The fraction of sp³-hybridized carbons (Fsp3) is 0.500. The molecule has 1 saturated carbocycles. The van der Waals surface area contributed by atoms with E-state index in [9.17, 15) is 0 Å². The summed E-state index contributed by atoms with van der Waals surface area (Å²) in [5.74, 6) is 0.714. The molecular weight excluding hydrogens is 158 g/mol. The predicted octanol–water partition coefficient (Wildman–Crippen LogP) is 3.01. The molecule has 2 aliphatic rings. The quantitative estimate of drug-likeness (QED) is 0.654. The molecule has 0 aromatic rings. The Morgan fingerprint density at radius 1 is 1.69 bits per heavy atom. The monoisotopic (exact) mass is 177 g/mol. The molecule has 2 unspecified atom stereocenters. The number of allylic oxidation sites excluding steroid dienone is 3. The zero-order valence-electron chi connectivity index (χ0n) is 8.65. The van der Waals surface area contributed by atoms with Gasteiger partial charge in [0.15, 0.2) is 0 Å². The van der Waals surface area contributed by atoms with Crippen LogP contribution in [0.25, 0.3) is 0 Å². The second-order valence-electron chi connectivity index (χ2n) is 4.58. The molecule has 0 saturated heterocycles. The third kappa shape index (κ3) is 0.995. The van der Waals surface area contributed by atoms with Gasteiger partial charge in [0.2, 0.25) is 0 Å². The van der Waals surface area contributed by atoms with Crippen LogP contribution in [0.2, 0.25) is 0 Å². The SMILES string of the molecule is C=C(N)C1=CC2CC2(C)C(C)=C1C.[HH]. The predicted molar refractivity (Wildman–Crippen MR) is 58.1 cm³/mol. The van der Waals surface area contributed by atoms with Gasteiger partial charge >= 0.3 is 0 Å². The summed E-state index contributed by atoms with van der Waals surface area (Å²) in [4.78, 5) is 0. The average Bonchev–Trinajstić information content (AvgIpc) is 2.70. The summed E-state index contributed by atoms with van der Waals surface area (Å²) in [6.07, 6.45) is 3.58. The second-order valence-corrected chi connectivity index (χ2v) is 4.58. The Bertz CT molecular complexity index is 351. The zero-order valence-corrected chi connectivity index (χ0v) is 8.65. The maximum Gasteiger partial charge on any atom is 0.0314 e. The van der Waals surface area contributed by atoms with Crippen LogP contribution in [0, 0.1) is 11.3 Å². The van der Waals surface area contributed by atoms with Gasteiger partial charge in [-0.2, -0.15) is 0 Å². The maximum atomic E-state index is 5.75. The van der Waals surface area contributed by atoms with Gasteiger partial charge in [0.05, 0.1) is 0 Å². The van der Waals surface area contributed by atoms with Crippen LogP contribution in [0.15, 0.2) is 35.1 Å². The molecule has 13 heavy (non-hydrogen) atoms. The molecule has 2 N–H and O–H groups in total. The number of nitrogens with two attached hydrogens (primary N) is 1. The number of hydrogen-bond donors (Lipinski definition) is 1. The molecule has 0 aromatic carbocycles. The van der Waals surface area contributed by atoms with Crippen molar-refractivity contribution in [3.8, 4) is 0 Å². The zero-order chi connectivity index (χ0) is 9.80. The van der Waals surface area contributed by atoms with Crippen LogP contribution >= 0.6 is 0 Å². The molecule has 2 aliphatic carbocycles. The van der Waals surface area contributed by atoms with Crippen LogP contribution in [0.5, 0.6) is 0 Å². The molecule has 1 nitrogen and oxygen atoms in total. The van der Waals surface area contributed by atoms with Crippen molar-refractivity contribution in [2.75, 3.05) is 0 Å². The van der Waals surface area contributed by atoms with Gasteiger partial charge in [-0.25, -0.2) is 0 Å². The summed E-state index contributed by atoms with van der Waals surface area (Å²) in [6, 6.07) is 0. The molecule has 0 aliphatic heterocycles. The van der Waals surface area contributed by atoms with Crippen LogP contribution in [0.3, 0.4) is 0 Å². The third-order valence-electron chi connectivity index (χ3n) is 3.84. The Hall–Kier alpha value is -0.980. The van der Waals surface area contributed by atoms with Crippen LogP contribution in [0.1, 0.15) is 28.6 Å². The van der Waals surface area contributed by atoms with E-state index in [4.69, 9.17) is 5.73 Å². The molecule has 2 rings (SSSR count). The van der Waals surface area contributed by atoms with Crippen molar-refractivity contribution in [2.45, 2.75) is 27.2 Å². The van der Waals surface area contributed by atoms with E-state index in [-0.39, 0.29) is 1.43 Å². The first-order valence-electron chi connectivity index (χ1n) is 4.81. The lowest BCUT2D eigenvalue weighted by Gasteiger charge is -2.22. The maximum absolute atomic E-state index is 5.75. The van der Waals surface area contributed by atoms with Crippen molar-refractivity contribution < 1.29 is 1.43 Å². The number of hydrogen-bond acceptors (Lipinski definition) is 1. The lowest BCUT2D eigenvalue weighted by atomic mass is 9.84. The second kappa shape index (κ2) is 2.28. The summed E-state index contributed by atoms with van der Waals surface area (Å²) >= 11 is 0. The van der Waals surface area contributed by atoms with Crippen molar-refractivity contribution in [2.24, 2.45) is 17.1 Å². The van der Waals surface area contributed by atoms with Crippen molar-refractivity contribution in [3.05, 3.63) is 35.1 Å². The number of rotatable bonds is 1. The van der Waals surface area contributed by atoms with E-state index >= 15 is 0 Å². The average molecular weight is 177 g/mol. The molecule has 0 radical (unpaired) electrons. The first kappa shape index (κ1) is 8.61. The minimum Gasteiger partial charge on any atom is -0.399 e. The van der Waals surface area contributed by atoms with Gasteiger partial charge < -0.3 is 5.73 Å². The Balaban J connectivity index is 0.000000980. The van der Waals surface area contributed by atoms with Gasteiger partial charge in [-0.1, -0.05) is 25.2 Å². The van der Waals surface area contributed by atoms with Crippen LogP contribution in [-0.2, 0) is 0 Å². The summed E-state index contributed by atoms with van der Waals surface area (Å²) in [7, 11) is 0. The molecule has 1 heteroatoms. The van der Waals surface area contributed by atoms with Crippen LogP contribution in [-0.4, -0.2) is 0 Å². The molecule has 0 bridgehead atoms. The smallest absolute Gasteiger partial charge is 0.0314 e. The minimum absolute atomic E-state index is 0. The molecule has 2 atom stereocenters. The first-order valence-corrected chi connectivity index (χ1v) is 4.81. The van der Waals surface area contributed by atoms with E-state index in [1.54, 1.807) is 0 Å². The molecule has 1 fully saturated rings. The third-order valence-corrected chi connectivity index (χ3v) is 3.84. The Kier molecular flexibility index (Phi) is 1.51. The highest BCUT2D eigenvalue weighted by molar-refractivity contribution is 5.53. The Morgan fingerprint density at radius 2 is 2.31 bits per heavy atom.